The first-order valence-electron chi connectivity index (χ1n) is 5.80. The zero-order chi connectivity index (χ0) is 13.1. The summed E-state index contributed by atoms with van der Waals surface area (Å²) >= 11 is 0. The highest BCUT2D eigenvalue weighted by Crippen LogP contribution is 2.02. The Bertz CT molecular complexity index is 226. The largest absolute Gasteiger partial charge is 0.481 e. The molecule has 1 amide bonds. The van der Waals surface area contributed by atoms with Crippen LogP contribution in [0.4, 0.5) is 0 Å². The fourth-order valence-corrected chi connectivity index (χ4v) is 1.39. The summed E-state index contributed by atoms with van der Waals surface area (Å²) in [7, 11) is 1.58. The number of hydrogen-bond donors (Lipinski definition) is 2. The van der Waals surface area contributed by atoms with Crippen molar-refractivity contribution in [2.45, 2.75) is 25.7 Å². The number of amides is 1. The third-order valence-electron chi connectivity index (χ3n) is 2.33. The van der Waals surface area contributed by atoms with E-state index in [1.807, 2.05) is 0 Å². The molecule has 0 rings (SSSR count). The zero-order valence-electron chi connectivity index (χ0n) is 10.4. The Morgan fingerprint density at radius 1 is 1.24 bits per heavy atom. The van der Waals surface area contributed by atoms with E-state index in [0.29, 0.717) is 32.7 Å². The van der Waals surface area contributed by atoms with Crippen LogP contribution in [0, 0.1) is 0 Å². The number of methoxy groups -OCH3 is 1. The average molecular weight is 246 g/mol. The van der Waals surface area contributed by atoms with E-state index in [0.717, 1.165) is 6.42 Å². The molecule has 0 radical (unpaired) electrons. The number of nitrogens with two attached hydrogens (primary N) is 1. The lowest BCUT2D eigenvalue weighted by Crippen LogP contribution is -2.35. The third-order valence-corrected chi connectivity index (χ3v) is 2.33. The van der Waals surface area contributed by atoms with Crippen molar-refractivity contribution in [1.82, 2.24) is 4.90 Å². The molecule has 0 aromatic heterocycles. The molecule has 0 aromatic rings. The highest BCUT2D eigenvalue weighted by atomic mass is 16.5. The molecule has 6 heteroatoms. The maximum atomic E-state index is 11.8. The van der Waals surface area contributed by atoms with E-state index in [4.69, 9.17) is 15.6 Å². The van der Waals surface area contributed by atoms with Crippen molar-refractivity contribution < 1.29 is 19.4 Å². The number of carbonyl (C=O) groups is 2. The van der Waals surface area contributed by atoms with E-state index in [2.05, 4.69) is 0 Å². The number of nitrogens with zero attached hydrogens (tertiary/aromatic N) is 1. The molecule has 0 aliphatic rings. The predicted molar refractivity (Wildman–Crippen MR) is 63.6 cm³/mol. The minimum Gasteiger partial charge on any atom is -0.481 e. The van der Waals surface area contributed by atoms with Gasteiger partial charge in [0.25, 0.3) is 0 Å². The Kier molecular flexibility index (Phi) is 9.37. The second-order valence-electron chi connectivity index (χ2n) is 3.76. The summed E-state index contributed by atoms with van der Waals surface area (Å²) in [5, 5.41) is 8.49. The van der Waals surface area contributed by atoms with Crippen LogP contribution < -0.4 is 5.73 Å². The SMILES string of the molecule is COCCN(CCCN)C(=O)CCCC(=O)O. The maximum Gasteiger partial charge on any atom is 0.303 e. The molecule has 0 heterocycles. The first kappa shape index (κ1) is 15.9. The molecule has 17 heavy (non-hydrogen) atoms. The van der Waals surface area contributed by atoms with Crippen molar-refractivity contribution in [2.75, 3.05) is 33.4 Å². The number of hydrogen-bond acceptors (Lipinski definition) is 4. The molecule has 0 atom stereocenters. The molecule has 0 fully saturated rings. The van der Waals surface area contributed by atoms with Crippen molar-refractivity contribution in [1.29, 1.82) is 0 Å². The van der Waals surface area contributed by atoms with Gasteiger partial charge in [-0.15, -0.1) is 0 Å². The monoisotopic (exact) mass is 246 g/mol. The highest BCUT2D eigenvalue weighted by Gasteiger charge is 2.12. The van der Waals surface area contributed by atoms with Gasteiger partial charge < -0.3 is 20.5 Å². The molecule has 0 aliphatic carbocycles. The molecule has 6 nitrogen and oxygen atoms in total. The van der Waals surface area contributed by atoms with Crippen molar-refractivity contribution in [3.8, 4) is 0 Å². The van der Waals surface area contributed by atoms with Crippen molar-refractivity contribution in [2.24, 2.45) is 5.73 Å². The molecule has 0 aromatic carbocycles. The van der Waals surface area contributed by atoms with E-state index in [1.54, 1.807) is 12.0 Å². The molecule has 0 bridgehead atoms. The second-order valence-corrected chi connectivity index (χ2v) is 3.76. The van der Waals surface area contributed by atoms with Crippen LogP contribution in [0.15, 0.2) is 0 Å². The van der Waals surface area contributed by atoms with Crippen LogP contribution >= 0.6 is 0 Å². The molecule has 0 aliphatic heterocycles. The number of carboxylic acid groups (broad SMARTS) is 1. The molecular weight excluding hydrogens is 224 g/mol. The highest BCUT2D eigenvalue weighted by molar-refractivity contribution is 5.77. The van der Waals surface area contributed by atoms with E-state index in [1.165, 1.54) is 0 Å². The molecule has 0 spiro atoms. The third kappa shape index (κ3) is 8.65. The minimum absolute atomic E-state index is 0.0285. The summed E-state index contributed by atoms with van der Waals surface area (Å²) < 4.78 is 4.93. The molecule has 100 valence electrons. The van der Waals surface area contributed by atoms with Gasteiger partial charge >= 0.3 is 5.97 Å². The Balaban J connectivity index is 3.97. The van der Waals surface area contributed by atoms with Gasteiger partial charge in [0.05, 0.1) is 6.61 Å². The smallest absolute Gasteiger partial charge is 0.303 e. The van der Waals surface area contributed by atoms with Gasteiger partial charge in [-0.25, -0.2) is 0 Å². The van der Waals surface area contributed by atoms with Gasteiger partial charge in [0.2, 0.25) is 5.91 Å². The number of rotatable bonds is 10. The van der Waals surface area contributed by atoms with Gasteiger partial charge in [0.1, 0.15) is 0 Å². The van der Waals surface area contributed by atoms with Crippen LogP contribution in [0.25, 0.3) is 0 Å². The quantitative estimate of drug-likeness (QED) is 0.569. The Hall–Kier alpha value is -1.14. The van der Waals surface area contributed by atoms with Crippen molar-refractivity contribution in [3.63, 3.8) is 0 Å². The normalized spacial score (nSPS) is 10.2. The van der Waals surface area contributed by atoms with Crippen LogP contribution in [0.5, 0.6) is 0 Å². The first-order chi connectivity index (χ1) is 8.11. The van der Waals surface area contributed by atoms with E-state index >= 15 is 0 Å². The standard InChI is InChI=1S/C11H22N2O4/c1-17-9-8-13(7-3-6-12)10(14)4-2-5-11(15)16/h2-9,12H2,1H3,(H,15,16). The second kappa shape index (κ2) is 10.0. The topological polar surface area (TPSA) is 92.9 Å². The molecule has 0 unspecified atom stereocenters. The van der Waals surface area contributed by atoms with Crippen molar-refractivity contribution in [3.05, 3.63) is 0 Å². The Morgan fingerprint density at radius 3 is 2.47 bits per heavy atom. The lowest BCUT2D eigenvalue weighted by atomic mass is 10.2. The minimum atomic E-state index is -0.872. The van der Waals surface area contributed by atoms with Gasteiger partial charge in [-0.05, 0) is 19.4 Å². The molecule has 0 saturated heterocycles. The molecule has 0 saturated carbocycles. The first-order valence-corrected chi connectivity index (χ1v) is 5.80. The van der Waals surface area contributed by atoms with E-state index in [-0.39, 0.29) is 18.7 Å². The summed E-state index contributed by atoms with van der Waals surface area (Å²) in [6, 6.07) is 0. The summed E-state index contributed by atoms with van der Waals surface area (Å²) in [4.78, 5) is 23.8. The fourth-order valence-electron chi connectivity index (χ4n) is 1.39. The summed E-state index contributed by atoms with van der Waals surface area (Å²) in [6.07, 6.45) is 1.41. The van der Waals surface area contributed by atoms with E-state index < -0.39 is 5.97 Å². The summed E-state index contributed by atoms with van der Waals surface area (Å²) in [5.74, 6) is -0.903. The van der Waals surface area contributed by atoms with Gasteiger partial charge in [-0.2, -0.15) is 0 Å². The fraction of sp³-hybridized carbons (Fsp3) is 0.818. The lowest BCUT2D eigenvalue weighted by molar-refractivity contribution is -0.137. The van der Waals surface area contributed by atoms with Gasteiger partial charge in [0.15, 0.2) is 0 Å². The maximum absolute atomic E-state index is 11.8. The van der Waals surface area contributed by atoms with Crippen LogP contribution in [-0.2, 0) is 14.3 Å². The Morgan fingerprint density at radius 2 is 1.94 bits per heavy atom. The Labute approximate surface area is 102 Å². The number of ether oxygens (including phenoxy) is 1. The number of carbonyl (C=O) groups excluding carboxylic acids is 1. The lowest BCUT2D eigenvalue weighted by Gasteiger charge is -2.22. The zero-order valence-corrected chi connectivity index (χ0v) is 10.4. The van der Waals surface area contributed by atoms with Gasteiger partial charge in [-0.1, -0.05) is 0 Å². The van der Waals surface area contributed by atoms with Crippen molar-refractivity contribution >= 4 is 11.9 Å². The van der Waals surface area contributed by atoms with Crippen LogP contribution in [0.1, 0.15) is 25.7 Å². The number of carboxylic acids is 1. The molecule has 3 N–H and O–H groups in total. The van der Waals surface area contributed by atoms with Crippen LogP contribution in [0.2, 0.25) is 0 Å². The van der Waals surface area contributed by atoms with E-state index in [9.17, 15) is 9.59 Å². The van der Waals surface area contributed by atoms with Crippen LogP contribution in [-0.4, -0.2) is 55.2 Å². The number of aliphatic carboxylic acids is 1. The average Bonchev–Trinajstić information content (AvgIpc) is 2.28. The van der Waals surface area contributed by atoms with Gasteiger partial charge in [-0.3, -0.25) is 9.59 Å². The molecular formula is C11H22N2O4. The summed E-state index contributed by atoms with van der Waals surface area (Å²) in [5.41, 5.74) is 5.40. The van der Waals surface area contributed by atoms with Crippen LogP contribution in [0.3, 0.4) is 0 Å². The summed E-state index contributed by atoms with van der Waals surface area (Å²) in [6.45, 7) is 2.15. The van der Waals surface area contributed by atoms with Gasteiger partial charge in [0, 0.05) is 33.0 Å². The predicted octanol–water partition coefficient (Wildman–Crippen LogP) is 0.0651.